The third kappa shape index (κ3) is 4.55. The summed E-state index contributed by atoms with van der Waals surface area (Å²) in [5, 5.41) is 0.510. The standard InChI is InChI=1S/C25H26FN3O5S/c1-32-19-9-10-20(33-2)23-22(19)27-25(35-23)29(14-18-4-3-11-34-18)24(31)15-12-21(30)28(13-15)17-7-5-16(26)6-8-17/h5-10,15,18H,3-4,11-14H2,1-2H3. The second-order valence-corrected chi connectivity index (χ2v) is 9.59. The predicted molar refractivity (Wildman–Crippen MR) is 131 cm³/mol. The highest BCUT2D eigenvalue weighted by atomic mass is 32.1. The first-order valence-corrected chi connectivity index (χ1v) is 12.3. The Labute approximate surface area is 206 Å². The van der Waals surface area contributed by atoms with Crippen molar-refractivity contribution in [2.24, 2.45) is 5.92 Å². The first-order valence-electron chi connectivity index (χ1n) is 11.5. The fourth-order valence-corrected chi connectivity index (χ4v) is 5.70. The summed E-state index contributed by atoms with van der Waals surface area (Å²) >= 11 is 1.35. The average molecular weight is 500 g/mol. The molecule has 2 saturated heterocycles. The Morgan fingerprint density at radius 2 is 1.94 bits per heavy atom. The van der Waals surface area contributed by atoms with Crippen molar-refractivity contribution in [2.45, 2.75) is 25.4 Å². The minimum atomic E-state index is -0.551. The van der Waals surface area contributed by atoms with Crippen molar-refractivity contribution in [3.05, 3.63) is 42.2 Å². The van der Waals surface area contributed by atoms with E-state index in [4.69, 9.17) is 19.2 Å². The van der Waals surface area contributed by atoms with E-state index < -0.39 is 5.92 Å². The maximum Gasteiger partial charge on any atom is 0.234 e. The van der Waals surface area contributed by atoms with Gasteiger partial charge in [0.15, 0.2) is 5.13 Å². The van der Waals surface area contributed by atoms with Crippen molar-refractivity contribution >= 4 is 44.2 Å². The van der Waals surface area contributed by atoms with Gasteiger partial charge in [-0.05, 0) is 49.2 Å². The van der Waals surface area contributed by atoms with E-state index >= 15 is 0 Å². The Bertz CT molecular complexity index is 1200. The van der Waals surface area contributed by atoms with Crippen molar-refractivity contribution in [3.63, 3.8) is 0 Å². The smallest absolute Gasteiger partial charge is 0.234 e. The number of fused-ring (bicyclic) bond motifs is 1. The molecule has 1 aromatic heterocycles. The van der Waals surface area contributed by atoms with Crippen LogP contribution in [0.2, 0.25) is 0 Å². The molecule has 2 unspecified atom stereocenters. The second kappa shape index (κ2) is 9.79. The molecule has 10 heteroatoms. The van der Waals surface area contributed by atoms with Crippen molar-refractivity contribution in [1.82, 2.24) is 4.98 Å². The van der Waals surface area contributed by atoms with Gasteiger partial charge in [0.2, 0.25) is 11.8 Å². The molecule has 184 valence electrons. The summed E-state index contributed by atoms with van der Waals surface area (Å²) in [6, 6.07) is 9.32. The first-order chi connectivity index (χ1) is 17.0. The lowest BCUT2D eigenvalue weighted by molar-refractivity contribution is -0.124. The highest BCUT2D eigenvalue weighted by molar-refractivity contribution is 7.22. The Hall–Kier alpha value is -3.24. The van der Waals surface area contributed by atoms with Crippen LogP contribution in [0.15, 0.2) is 36.4 Å². The number of amides is 2. The number of carbonyl (C=O) groups is 2. The molecule has 2 atom stereocenters. The summed E-state index contributed by atoms with van der Waals surface area (Å²) in [6.45, 7) is 1.24. The van der Waals surface area contributed by atoms with Gasteiger partial charge in [-0.2, -0.15) is 0 Å². The van der Waals surface area contributed by atoms with Crippen LogP contribution in [-0.2, 0) is 14.3 Å². The molecule has 3 aromatic rings. The van der Waals surface area contributed by atoms with E-state index in [0.29, 0.717) is 41.0 Å². The van der Waals surface area contributed by atoms with Gasteiger partial charge in [-0.1, -0.05) is 11.3 Å². The number of ether oxygens (including phenoxy) is 3. The van der Waals surface area contributed by atoms with E-state index in [-0.39, 0.29) is 36.7 Å². The number of thiazole rings is 1. The normalized spacial score (nSPS) is 20.0. The molecule has 0 N–H and O–H groups in total. The van der Waals surface area contributed by atoms with Gasteiger partial charge in [-0.25, -0.2) is 9.37 Å². The number of hydrogen-bond acceptors (Lipinski definition) is 7. The molecule has 2 fully saturated rings. The molecule has 35 heavy (non-hydrogen) atoms. The zero-order chi connectivity index (χ0) is 24.5. The lowest BCUT2D eigenvalue weighted by Crippen LogP contribution is -2.42. The number of rotatable bonds is 7. The largest absolute Gasteiger partial charge is 0.495 e. The summed E-state index contributed by atoms with van der Waals surface area (Å²) in [5.74, 6) is -0.0451. The monoisotopic (exact) mass is 499 g/mol. The molecule has 0 radical (unpaired) electrons. The number of aromatic nitrogens is 1. The van der Waals surface area contributed by atoms with E-state index in [1.54, 1.807) is 37.3 Å². The number of hydrogen-bond donors (Lipinski definition) is 0. The molecular formula is C25H26FN3O5S. The fraction of sp³-hybridized carbons (Fsp3) is 0.400. The Kier molecular flexibility index (Phi) is 6.57. The summed E-state index contributed by atoms with van der Waals surface area (Å²) in [6.07, 6.45) is 1.77. The van der Waals surface area contributed by atoms with E-state index in [0.717, 1.165) is 17.5 Å². The third-order valence-corrected chi connectivity index (χ3v) is 7.51. The van der Waals surface area contributed by atoms with Gasteiger partial charge >= 0.3 is 0 Å². The van der Waals surface area contributed by atoms with Crippen LogP contribution in [0.5, 0.6) is 11.5 Å². The van der Waals surface area contributed by atoms with Gasteiger partial charge in [-0.15, -0.1) is 0 Å². The lowest BCUT2D eigenvalue weighted by atomic mass is 10.1. The third-order valence-electron chi connectivity index (χ3n) is 6.42. The quantitative estimate of drug-likeness (QED) is 0.489. The minimum Gasteiger partial charge on any atom is -0.495 e. The maximum absolute atomic E-state index is 13.8. The summed E-state index contributed by atoms with van der Waals surface area (Å²) in [5.41, 5.74) is 1.19. The van der Waals surface area contributed by atoms with Crippen molar-refractivity contribution in [2.75, 3.05) is 43.7 Å². The molecule has 2 amide bonds. The molecule has 5 rings (SSSR count). The van der Waals surface area contributed by atoms with Crippen LogP contribution < -0.4 is 19.3 Å². The van der Waals surface area contributed by atoms with Crippen molar-refractivity contribution < 1.29 is 28.2 Å². The topological polar surface area (TPSA) is 81.2 Å². The molecule has 0 spiro atoms. The van der Waals surface area contributed by atoms with Gasteiger partial charge in [0.1, 0.15) is 27.5 Å². The zero-order valence-electron chi connectivity index (χ0n) is 19.5. The SMILES string of the molecule is COc1ccc(OC)c2sc(N(CC3CCCO3)C(=O)C3CC(=O)N(c4ccc(F)cc4)C3)nc12. The number of methoxy groups -OCH3 is 2. The summed E-state index contributed by atoms with van der Waals surface area (Å²) in [7, 11) is 3.16. The number of nitrogens with zero attached hydrogens (tertiary/aromatic N) is 3. The molecule has 0 aliphatic carbocycles. The average Bonchev–Trinajstić information content (AvgIpc) is 3.62. The van der Waals surface area contributed by atoms with E-state index in [1.807, 2.05) is 6.07 Å². The minimum absolute atomic E-state index is 0.0791. The first kappa shape index (κ1) is 23.5. The molecule has 2 aromatic carbocycles. The van der Waals surface area contributed by atoms with Crippen LogP contribution in [0, 0.1) is 11.7 Å². The van der Waals surface area contributed by atoms with Gasteiger partial charge in [-0.3, -0.25) is 14.5 Å². The summed E-state index contributed by atoms with van der Waals surface area (Å²) < 4.78 is 31.0. The van der Waals surface area contributed by atoms with Gasteiger partial charge in [0.05, 0.1) is 32.8 Å². The van der Waals surface area contributed by atoms with Gasteiger partial charge in [0, 0.05) is 25.3 Å². The van der Waals surface area contributed by atoms with Crippen LogP contribution >= 0.6 is 11.3 Å². The Morgan fingerprint density at radius 1 is 1.20 bits per heavy atom. The predicted octanol–water partition coefficient (Wildman–Crippen LogP) is 4.02. The zero-order valence-corrected chi connectivity index (χ0v) is 20.3. The van der Waals surface area contributed by atoms with E-state index in [9.17, 15) is 14.0 Å². The number of benzene rings is 2. The fourth-order valence-electron chi connectivity index (χ4n) is 4.61. The molecular weight excluding hydrogens is 473 g/mol. The van der Waals surface area contributed by atoms with Crippen LogP contribution in [0.3, 0.4) is 0 Å². The molecule has 8 nitrogen and oxygen atoms in total. The van der Waals surface area contributed by atoms with Crippen molar-refractivity contribution in [3.8, 4) is 11.5 Å². The van der Waals surface area contributed by atoms with Crippen LogP contribution in [0.4, 0.5) is 15.2 Å². The number of anilines is 2. The lowest BCUT2D eigenvalue weighted by Gasteiger charge is -2.25. The van der Waals surface area contributed by atoms with Crippen LogP contribution in [0.1, 0.15) is 19.3 Å². The Morgan fingerprint density at radius 3 is 2.63 bits per heavy atom. The van der Waals surface area contributed by atoms with Gasteiger partial charge < -0.3 is 19.1 Å². The molecule has 2 aliphatic heterocycles. The van der Waals surface area contributed by atoms with Crippen LogP contribution in [-0.4, -0.2) is 56.8 Å². The highest BCUT2D eigenvalue weighted by Gasteiger charge is 2.39. The number of halogens is 1. The molecule has 0 saturated carbocycles. The van der Waals surface area contributed by atoms with Crippen molar-refractivity contribution in [1.29, 1.82) is 0 Å². The number of carbonyl (C=O) groups excluding carboxylic acids is 2. The van der Waals surface area contributed by atoms with Crippen LogP contribution in [0.25, 0.3) is 10.2 Å². The summed E-state index contributed by atoms with van der Waals surface area (Å²) in [4.78, 5) is 34.5. The van der Waals surface area contributed by atoms with Gasteiger partial charge in [0.25, 0.3) is 0 Å². The molecule has 3 heterocycles. The van der Waals surface area contributed by atoms with E-state index in [1.165, 1.54) is 28.4 Å². The second-order valence-electron chi connectivity index (χ2n) is 8.61. The highest BCUT2D eigenvalue weighted by Crippen LogP contribution is 2.41. The maximum atomic E-state index is 13.8. The Balaban J connectivity index is 1.47. The van der Waals surface area contributed by atoms with E-state index in [2.05, 4.69) is 0 Å². The molecule has 2 aliphatic rings. The molecule has 0 bridgehead atoms.